The highest BCUT2D eigenvalue weighted by atomic mass is 35.5. The molecule has 1 fully saturated rings. The number of piperidine rings is 1. The second kappa shape index (κ2) is 11.8. The molecule has 27 heavy (non-hydrogen) atoms. The van der Waals surface area contributed by atoms with Gasteiger partial charge in [-0.05, 0) is 38.4 Å². The predicted octanol–water partition coefficient (Wildman–Crippen LogP) is 2.32. The minimum Gasteiger partial charge on any atom is -0.492 e. The molecular weight excluding hydrogens is 370 g/mol. The number of likely N-dealkylation sites (N-methyl/N-ethyl adjacent to an activating group) is 1. The topological polar surface area (TPSA) is 82.1 Å². The summed E-state index contributed by atoms with van der Waals surface area (Å²) < 4.78 is 5.53. The van der Waals surface area contributed by atoms with Crippen molar-refractivity contribution >= 4 is 30.0 Å². The molecule has 2 rings (SSSR count). The van der Waals surface area contributed by atoms with Crippen LogP contribution in [0.2, 0.25) is 0 Å². The lowest BCUT2D eigenvalue weighted by Crippen LogP contribution is -2.48. The fraction of sp³-hybridized carbons (Fsp3) is 0.579. The second-order valence-corrected chi connectivity index (χ2v) is 6.44. The van der Waals surface area contributed by atoms with E-state index in [1.54, 1.807) is 0 Å². The van der Waals surface area contributed by atoms with Crippen LogP contribution in [0.5, 0.6) is 5.75 Å². The number of carbonyl (C=O) groups is 2. The van der Waals surface area contributed by atoms with E-state index < -0.39 is 5.97 Å². The average molecular weight is 400 g/mol. The van der Waals surface area contributed by atoms with E-state index in [0.29, 0.717) is 24.6 Å². The number of rotatable bonds is 9. The van der Waals surface area contributed by atoms with Gasteiger partial charge in [-0.3, -0.25) is 19.4 Å². The Morgan fingerprint density at radius 3 is 2.52 bits per heavy atom. The summed E-state index contributed by atoms with van der Waals surface area (Å²) in [5, 5.41) is 11.9. The molecular formula is C19H30ClN3O4. The number of aliphatic carboxylic acids is 1. The molecule has 0 atom stereocenters. The quantitative estimate of drug-likeness (QED) is 0.663. The molecule has 0 spiro atoms. The van der Waals surface area contributed by atoms with Gasteiger partial charge in [0.1, 0.15) is 5.75 Å². The van der Waals surface area contributed by atoms with Crippen molar-refractivity contribution in [2.24, 2.45) is 0 Å². The third kappa shape index (κ3) is 7.36. The zero-order valence-corrected chi connectivity index (χ0v) is 16.8. The second-order valence-electron chi connectivity index (χ2n) is 6.44. The summed E-state index contributed by atoms with van der Waals surface area (Å²) in [7, 11) is 0. The number of carbonyl (C=O) groups excluding carboxylic acids is 1. The summed E-state index contributed by atoms with van der Waals surface area (Å²) in [5.74, 6) is -0.176. The van der Waals surface area contributed by atoms with E-state index in [1.165, 1.54) is 0 Å². The van der Waals surface area contributed by atoms with Gasteiger partial charge in [0.05, 0.1) is 25.4 Å². The number of para-hydroxylation sites is 2. The lowest BCUT2D eigenvalue weighted by Gasteiger charge is -2.37. The molecule has 1 aliphatic rings. The molecule has 0 aromatic heterocycles. The Bertz CT molecular complexity index is 606. The van der Waals surface area contributed by atoms with Gasteiger partial charge in [-0.25, -0.2) is 0 Å². The van der Waals surface area contributed by atoms with Gasteiger partial charge < -0.3 is 15.2 Å². The van der Waals surface area contributed by atoms with Crippen LogP contribution in [0, 0.1) is 0 Å². The third-order valence-corrected chi connectivity index (χ3v) is 4.65. The number of likely N-dealkylation sites (tertiary alicyclic amines) is 1. The molecule has 8 heteroatoms. The number of carboxylic acid groups (broad SMARTS) is 1. The molecule has 7 nitrogen and oxygen atoms in total. The molecule has 1 aliphatic heterocycles. The summed E-state index contributed by atoms with van der Waals surface area (Å²) in [5.41, 5.74) is 0.688. The van der Waals surface area contributed by atoms with E-state index in [-0.39, 0.29) is 30.9 Å². The van der Waals surface area contributed by atoms with Crippen molar-refractivity contribution in [3.8, 4) is 5.75 Å². The first kappa shape index (κ1) is 23.2. The van der Waals surface area contributed by atoms with Crippen LogP contribution in [0.4, 0.5) is 5.69 Å². The molecule has 0 saturated carbocycles. The van der Waals surface area contributed by atoms with Gasteiger partial charge in [-0.15, -0.1) is 12.4 Å². The molecule has 152 valence electrons. The first-order chi connectivity index (χ1) is 12.5. The Balaban J connectivity index is 0.00000364. The molecule has 1 aromatic carbocycles. The maximum absolute atomic E-state index is 12.4. The van der Waals surface area contributed by atoms with Crippen LogP contribution in [0.15, 0.2) is 24.3 Å². The van der Waals surface area contributed by atoms with Gasteiger partial charge in [0.2, 0.25) is 5.91 Å². The minimum absolute atomic E-state index is 0. The number of carboxylic acids is 1. The van der Waals surface area contributed by atoms with Gasteiger partial charge in [-0.2, -0.15) is 0 Å². The first-order valence-corrected chi connectivity index (χ1v) is 9.23. The van der Waals surface area contributed by atoms with Crippen LogP contribution in [0.25, 0.3) is 0 Å². The number of hydrogen-bond acceptors (Lipinski definition) is 5. The van der Waals surface area contributed by atoms with E-state index in [2.05, 4.69) is 10.2 Å². The lowest BCUT2D eigenvalue weighted by atomic mass is 10.0. The number of halogens is 1. The van der Waals surface area contributed by atoms with Crippen molar-refractivity contribution in [1.29, 1.82) is 0 Å². The van der Waals surface area contributed by atoms with E-state index >= 15 is 0 Å². The molecule has 1 heterocycles. The number of hydrogen-bond donors (Lipinski definition) is 2. The normalized spacial score (nSPS) is 15.2. The number of ether oxygens (including phenoxy) is 1. The average Bonchev–Trinajstić information content (AvgIpc) is 2.62. The van der Waals surface area contributed by atoms with Gasteiger partial charge >= 0.3 is 5.97 Å². The highest BCUT2D eigenvalue weighted by Gasteiger charge is 2.26. The number of anilines is 1. The van der Waals surface area contributed by atoms with Gasteiger partial charge in [-0.1, -0.05) is 19.1 Å². The van der Waals surface area contributed by atoms with E-state index in [4.69, 9.17) is 9.84 Å². The molecule has 0 bridgehead atoms. The Kier molecular flexibility index (Phi) is 10.1. The van der Waals surface area contributed by atoms with Crippen molar-refractivity contribution in [2.45, 2.75) is 32.7 Å². The summed E-state index contributed by atoms with van der Waals surface area (Å²) in [6.07, 6.45) is 1.76. The monoisotopic (exact) mass is 399 g/mol. The van der Waals surface area contributed by atoms with Gasteiger partial charge in [0.25, 0.3) is 0 Å². The van der Waals surface area contributed by atoms with Crippen LogP contribution < -0.4 is 10.1 Å². The minimum atomic E-state index is -0.790. The standard InChI is InChI=1S/C19H29N3O4.ClH/c1-3-22(14-19(24)25)15-9-11-21(12-10-15)13-18(23)20-16-7-5-6-8-17(16)26-4-2;/h5-8,15H,3-4,9-14H2,1-2H3,(H,20,23)(H,24,25);1H. The van der Waals surface area contributed by atoms with Crippen molar-refractivity contribution in [1.82, 2.24) is 9.80 Å². The van der Waals surface area contributed by atoms with Crippen molar-refractivity contribution in [3.05, 3.63) is 24.3 Å². The number of nitrogens with one attached hydrogen (secondary N) is 1. The van der Waals surface area contributed by atoms with Crippen LogP contribution in [-0.2, 0) is 9.59 Å². The predicted molar refractivity (Wildman–Crippen MR) is 108 cm³/mol. The smallest absolute Gasteiger partial charge is 0.317 e. The SMILES string of the molecule is CCOc1ccccc1NC(=O)CN1CCC(N(CC)CC(=O)O)CC1.Cl. The lowest BCUT2D eigenvalue weighted by molar-refractivity contribution is -0.139. The van der Waals surface area contributed by atoms with Crippen molar-refractivity contribution in [2.75, 3.05) is 44.6 Å². The fourth-order valence-electron chi connectivity index (χ4n) is 3.36. The van der Waals surface area contributed by atoms with Crippen LogP contribution in [0.3, 0.4) is 0 Å². The molecule has 2 N–H and O–H groups in total. The highest BCUT2D eigenvalue weighted by molar-refractivity contribution is 5.93. The first-order valence-electron chi connectivity index (χ1n) is 9.23. The Morgan fingerprint density at radius 2 is 1.93 bits per heavy atom. The molecule has 1 amide bonds. The van der Waals surface area contributed by atoms with Crippen LogP contribution in [0.1, 0.15) is 26.7 Å². The largest absolute Gasteiger partial charge is 0.492 e. The number of amides is 1. The Morgan fingerprint density at radius 1 is 1.26 bits per heavy atom. The summed E-state index contributed by atoms with van der Waals surface area (Å²) in [6.45, 7) is 7.17. The van der Waals surface area contributed by atoms with E-state index in [9.17, 15) is 9.59 Å². The number of nitrogens with zero attached hydrogens (tertiary/aromatic N) is 2. The third-order valence-electron chi connectivity index (χ3n) is 4.65. The molecule has 1 aromatic rings. The molecule has 0 unspecified atom stereocenters. The van der Waals surface area contributed by atoms with Gasteiger partial charge in [0, 0.05) is 19.1 Å². The summed E-state index contributed by atoms with van der Waals surface area (Å²) >= 11 is 0. The number of benzene rings is 1. The van der Waals surface area contributed by atoms with E-state index in [0.717, 1.165) is 32.5 Å². The van der Waals surface area contributed by atoms with Crippen LogP contribution >= 0.6 is 12.4 Å². The summed E-state index contributed by atoms with van der Waals surface area (Å²) in [4.78, 5) is 27.4. The Hall–Kier alpha value is -1.83. The van der Waals surface area contributed by atoms with Gasteiger partial charge in [0.15, 0.2) is 0 Å². The van der Waals surface area contributed by atoms with Crippen LogP contribution in [-0.4, -0.2) is 72.2 Å². The maximum atomic E-state index is 12.4. The molecule has 0 aliphatic carbocycles. The van der Waals surface area contributed by atoms with E-state index in [1.807, 2.05) is 43.0 Å². The highest BCUT2D eigenvalue weighted by Crippen LogP contribution is 2.24. The fourth-order valence-corrected chi connectivity index (χ4v) is 3.36. The van der Waals surface area contributed by atoms with Crippen molar-refractivity contribution in [3.63, 3.8) is 0 Å². The summed E-state index contributed by atoms with van der Waals surface area (Å²) in [6, 6.07) is 7.69. The zero-order valence-electron chi connectivity index (χ0n) is 16.0. The maximum Gasteiger partial charge on any atom is 0.317 e. The van der Waals surface area contributed by atoms with Crippen molar-refractivity contribution < 1.29 is 19.4 Å². The Labute approximate surface area is 167 Å². The molecule has 0 radical (unpaired) electrons. The molecule has 1 saturated heterocycles. The zero-order chi connectivity index (χ0) is 18.9.